The van der Waals surface area contributed by atoms with Gasteiger partial charge in [-0.3, -0.25) is 0 Å². The number of rotatable bonds is 1. The average Bonchev–Trinajstić information content (AvgIpc) is 3.09. The zero-order chi connectivity index (χ0) is 12.7. The molecule has 0 atom stereocenters. The van der Waals surface area contributed by atoms with E-state index >= 15 is 0 Å². The van der Waals surface area contributed by atoms with E-state index in [1.807, 2.05) is 0 Å². The molecule has 0 radical (unpaired) electrons. The van der Waals surface area contributed by atoms with Crippen LogP contribution >= 0.6 is 0 Å². The summed E-state index contributed by atoms with van der Waals surface area (Å²) in [5.74, 6) is 1.02. The van der Waals surface area contributed by atoms with Gasteiger partial charge < -0.3 is 9.88 Å². The smallest absolute Gasteiger partial charge is 0.182 e. The Kier molecular flexibility index (Phi) is 2.47. The largest absolute Gasteiger partial charge is 0.355 e. The number of piperidine rings is 1. The van der Waals surface area contributed by atoms with E-state index in [2.05, 4.69) is 24.8 Å². The molecule has 0 bridgehead atoms. The van der Waals surface area contributed by atoms with Crippen molar-refractivity contribution in [3.8, 4) is 0 Å². The molecule has 19 heavy (non-hydrogen) atoms. The van der Waals surface area contributed by atoms with E-state index in [1.54, 1.807) is 12.7 Å². The second-order valence-corrected chi connectivity index (χ2v) is 5.99. The van der Waals surface area contributed by atoms with Gasteiger partial charge in [0.1, 0.15) is 11.8 Å². The van der Waals surface area contributed by atoms with Crippen LogP contribution in [0.25, 0.3) is 11.2 Å². The lowest BCUT2D eigenvalue weighted by Crippen LogP contribution is -2.39. The summed E-state index contributed by atoms with van der Waals surface area (Å²) in [5.41, 5.74) is 2.40. The second kappa shape index (κ2) is 4.18. The highest BCUT2D eigenvalue weighted by atomic mass is 15.2. The molecule has 5 heteroatoms. The van der Waals surface area contributed by atoms with Crippen LogP contribution in [0, 0.1) is 5.41 Å². The van der Waals surface area contributed by atoms with Gasteiger partial charge in [0.15, 0.2) is 11.5 Å². The summed E-state index contributed by atoms with van der Waals surface area (Å²) in [6, 6.07) is 0. The molecule has 1 aliphatic carbocycles. The van der Waals surface area contributed by atoms with Crippen LogP contribution < -0.4 is 4.90 Å². The third-order valence-corrected chi connectivity index (χ3v) is 4.99. The molecule has 4 rings (SSSR count). The van der Waals surface area contributed by atoms with Crippen molar-refractivity contribution in [2.45, 2.75) is 38.5 Å². The fourth-order valence-electron chi connectivity index (χ4n) is 3.81. The third-order valence-electron chi connectivity index (χ3n) is 4.99. The first kappa shape index (κ1) is 11.2. The monoisotopic (exact) mass is 257 g/mol. The number of hydrogen-bond donors (Lipinski definition) is 1. The van der Waals surface area contributed by atoms with Gasteiger partial charge in [0.2, 0.25) is 0 Å². The van der Waals surface area contributed by atoms with E-state index in [-0.39, 0.29) is 0 Å². The summed E-state index contributed by atoms with van der Waals surface area (Å²) in [6.07, 6.45) is 11.7. The van der Waals surface area contributed by atoms with Crippen molar-refractivity contribution in [1.29, 1.82) is 0 Å². The number of hydrogen-bond acceptors (Lipinski definition) is 4. The normalized spacial score (nSPS) is 22.4. The maximum Gasteiger partial charge on any atom is 0.182 e. The Hall–Kier alpha value is -1.65. The van der Waals surface area contributed by atoms with Gasteiger partial charge in [0.25, 0.3) is 0 Å². The summed E-state index contributed by atoms with van der Waals surface area (Å²) >= 11 is 0. The molecule has 1 saturated carbocycles. The van der Waals surface area contributed by atoms with Crippen LogP contribution in [0.15, 0.2) is 12.7 Å². The number of nitrogens with one attached hydrogen (secondary N) is 1. The summed E-state index contributed by atoms with van der Waals surface area (Å²) in [6.45, 7) is 2.23. The molecule has 2 aromatic heterocycles. The second-order valence-electron chi connectivity index (χ2n) is 5.99. The number of H-pyrrole nitrogens is 1. The van der Waals surface area contributed by atoms with Crippen LogP contribution in [0.1, 0.15) is 38.5 Å². The molecule has 2 aromatic rings. The first-order valence-corrected chi connectivity index (χ1v) is 7.25. The molecule has 1 N–H and O–H groups in total. The fraction of sp³-hybridized carbons (Fsp3) is 0.643. The third kappa shape index (κ3) is 1.79. The Morgan fingerprint density at radius 3 is 2.58 bits per heavy atom. The van der Waals surface area contributed by atoms with Gasteiger partial charge in [-0.05, 0) is 31.1 Å². The zero-order valence-electron chi connectivity index (χ0n) is 11.1. The Bertz CT molecular complexity index is 574. The maximum absolute atomic E-state index is 4.46. The zero-order valence-corrected chi connectivity index (χ0v) is 11.1. The molecule has 2 fully saturated rings. The van der Waals surface area contributed by atoms with E-state index in [4.69, 9.17) is 0 Å². The van der Waals surface area contributed by atoms with Gasteiger partial charge in [-0.25, -0.2) is 15.0 Å². The topological polar surface area (TPSA) is 57.7 Å². The van der Waals surface area contributed by atoms with Gasteiger partial charge in [-0.15, -0.1) is 0 Å². The van der Waals surface area contributed by atoms with Crippen LogP contribution in [-0.4, -0.2) is 33.0 Å². The van der Waals surface area contributed by atoms with Gasteiger partial charge in [0.05, 0.1) is 6.33 Å². The highest BCUT2D eigenvalue weighted by Gasteiger charge is 2.37. The van der Waals surface area contributed by atoms with Gasteiger partial charge in [-0.1, -0.05) is 12.8 Å². The quantitative estimate of drug-likeness (QED) is 0.852. The SMILES string of the molecule is c1nc(N2CCC3(CCCC3)CC2)c2[nH]cnc2n1. The number of fused-ring (bicyclic) bond motifs is 1. The molecule has 100 valence electrons. The summed E-state index contributed by atoms with van der Waals surface area (Å²) in [7, 11) is 0. The highest BCUT2D eigenvalue weighted by Crippen LogP contribution is 2.46. The van der Waals surface area contributed by atoms with Crippen molar-refractivity contribution < 1.29 is 0 Å². The Balaban J connectivity index is 1.59. The van der Waals surface area contributed by atoms with Crippen molar-refractivity contribution >= 4 is 17.0 Å². The standard InChI is InChI=1S/C14H19N5/c1-2-4-14(3-1)5-7-19(8-6-14)13-11-12(16-9-15-11)17-10-18-13/h9-10H,1-8H2,(H,15,16,17,18). The lowest BCUT2D eigenvalue weighted by atomic mass is 9.77. The minimum atomic E-state index is 0.649. The maximum atomic E-state index is 4.46. The molecule has 1 saturated heterocycles. The molecule has 0 aromatic carbocycles. The van der Waals surface area contributed by atoms with E-state index in [1.165, 1.54) is 38.5 Å². The van der Waals surface area contributed by atoms with Crippen molar-refractivity contribution in [1.82, 2.24) is 19.9 Å². The highest BCUT2D eigenvalue weighted by molar-refractivity contribution is 5.82. The first-order valence-electron chi connectivity index (χ1n) is 7.25. The molecule has 2 aliphatic rings. The van der Waals surface area contributed by atoms with E-state index in [0.717, 1.165) is 30.1 Å². The molecule has 3 heterocycles. The average molecular weight is 257 g/mol. The number of imidazole rings is 1. The number of aromatic nitrogens is 4. The van der Waals surface area contributed by atoms with E-state index in [0.29, 0.717) is 5.41 Å². The summed E-state index contributed by atoms with van der Waals surface area (Å²) in [4.78, 5) is 18.4. The van der Waals surface area contributed by atoms with Gasteiger partial charge in [-0.2, -0.15) is 0 Å². The van der Waals surface area contributed by atoms with E-state index in [9.17, 15) is 0 Å². The van der Waals surface area contributed by atoms with Crippen molar-refractivity contribution in [2.75, 3.05) is 18.0 Å². The molecule has 1 spiro atoms. The minimum absolute atomic E-state index is 0.649. The molecular weight excluding hydrogens is 238 g/mol. The summed E-state index contributed by atoms with van der Waals surface area (Å²) < 4.78 is 0. The molecule has 0 unspecified atom stereocenters. The summed E-state index contributed by atoms with van der Waals surface area (Å²) in [5, 5.41) is 0. The van der Waals surface area contributed by atoms with Crippen molar-refractivity contribution in [3.05, 3.63) is 12.7 Å². The van der Waals surface area contributed by atoms with Gasteiger partial charge >= 0.3 is 0 Å². The fourth-order valence-corrected chi connectivity index (χ4v) is 3.81. The van der Waals surface area contributed by atoms with Crippen LogP contribution in [-0.2, 0) is 0 Å². The number of aromatic amines is 1. The number of nitrogens with zero attached hydrogens (tertiary/aromatic N) is 4. The molecule has 5 nitrogen and oxygen atoms in total. The van der Waals surface area contributed by atoms with Crippen LogP contribution in [0.3, 0.4) is 0 Å². The van der Waals surface area contributed by atoms with Crippen LogP contribution in [0.4, 0.5) is 5.82 Å². The Morgan fingerprint density at radius 1 is 1.00 bits per heavy atom. The molecular formula is C14H19N5. The Labute approximate surface area is 112 Å². The van der Waals surface area contributed by atoms with E-state index < -0.39 is 0 Å². The van der Waals surface area contributed by atoms with Crippen molar-refractivity contribution in [3.63, 3.8) is 0 Å². The van der Waals surface area contributed by atoms with Gasteiger partial charge in [0, 0.05) is 13.1 Å². The van der Waals surface area contributed by atoms with Crippen LogP contribution in [0.2, 0.25) is 0 Å². The lowest BCUT2D eigenvalue weighted by molar-refractivity contribution is 0.226. The van der Waals surface area contributed by atoms with Crippen molar-refractivity contribution in [2.24, 2.45) is 5.41 Å². The predicted molar refractivity (Wildman–Crippen MR) is 74.0 cm³/mol. The number of anilines is 1. The molecule has 0 amide bonds. The minimum Gasteiger partial charge on any atom is -0.355 e. The first-order chi connectivity index (χ1) is 9.36. The predicted octanol–water partition coefficient (Wildman–Crippen LogP) is 2.51. The van der Waals surface area contributed by atoms with Crippen LogP contribution in [0.5, 0.6) is 0 Å². The molecule has 1 aliphatic heterocycles. The lowest BCUT2D eigenvalue weighted by Gasteiger charge is -2.39. The Morgan fingerprint density at radius 2 is 1.79 bits per heavy atom.